The zero-order chi connectivity index (χ0) is 19.5. The molecule has 6 rings (SSSR count). The average Bonchev–Trinajstić information content (AvgIpc) is 3.32. The minimum Gasteiger partial charge on any atom is -0.506 e. The lowest BCUT2D eigenvalue weighted by molar-refractivity contribution is 0.162. The third-order valence-corrected chi connectivity index (χ3v) is 6.68. The molecule has 2 atom stereocenters. The molecule has 148 valence electrons. The number of nitrogens with one attached hydrogen (secondary N) is 1. The number of aromatic nitrogens is 4. The zero-order valence-corrected chi connectivity index (χ0v) is 16.1. The Morgan fingerprint density at radius 2 is 1.86 bits per heavy atom. The number of tetrazole rings is 1. The Balaban J connectivity index is 1.48. The van der Waals surface area contributed by atoms with E-state index in [4.69, 9.17) is 4.74 Å². The zero-order valence-electron chi connectivity index (χ0n) is 16.1. The minimum absolute atomic E-state index is 0.170. The number of piperidine rings is 1. The van der Waals surface area contributed by atoms with Gasteiger partial charge in [0.1, 0.15) is 11.4 Å². The summed E-state index contributed by atoms with van der Waals surface area (Å²) < 4.78 is 6.21. The lowest BCUT2D eigenvalue weighted by atomic mass is 9.94. The number of hydrogen-bond acceptors (Lipinski definition) is 7. The lowest BCUT2D eigenvalue weighted by Crippen LogP contribution is -2.48. The van der Waals surface area contributed by atoms with Crippen molar-refractivity contribution in [1.29, 1.82) is 0 Å². The summed E-state index contributed by atoms with van der Waals surface area (Å²) in [6.45, 7) is 0. The van der Waals surface area contributed by atoms with E-state index >= 15 is 0 Å². The van der Waals surface area contributed by atoms with Crippen molar-refractivity contribution in [1.82, 2.24) is 25.5 Å². The number of H-pyrrole nitrogens is 1. The van der Waals surface area contributed by atoms with Crippen molar-refractivity contribution < 1.29 is 9.84 Å². The van der Waals surface area contributed by atoms with Gasteiger partial charge in [0.05, 0.1) is 5.69 Å². The third kappa shape index (κ3) is 2.52. The van der Waals surface area contributed by atoms with Crippen molar-refractivity contribution in [2.75, 3.05) is 11.9 Å². The van der Waals surface area contributed by atoms with E-state index < -0.39 is 0 Å². The van der Waals surface area contributed by atoms with Gasteiger partial charge >= 0.3 is 0 Å². The van der Waals surface area contributed by atoms with Crippen molar-refractivity contribution in [3.8, 4) is 28.6 Å². The van der Waals surface area contributed by atoms with Crippen molar-refractivity contribution in [3.05, 3.63) is 36.4 Å². The number of phenols is 1. The van der Waals surface area contributed by atoms with Crippen LogP contribution in [0, 0.1) is 0 Å². The lowest BCUT2D eigenvalue weighted by Gasteiger charge is -2.45. The van der Waals surface area contributed by atoms with E-state index in [1.165, 1.54) is 12.8 Å². The van der Waals surface area contributed by atoms with Gasteiger partial charge in [-0.25, -0.2) is 0 Å². The monoisotopic (exact) mass is 390 g/mol. The van der Waals surface area contributed by atoms with Gasteiger partial charge in [-0.3, -0.25) is 0 Å². The molecular formula is C21H22N6O2. The van der Waals surface area contributed by atoms with Crippen LogP contribution in [-0.4, -0.2) is 55.8 Å². The number of para-hydroxylation sites is 2. The predicted octanol–water partition coefficient (Wildman–Crippen LogP) is 3.44. The van der Waals surface area contributed by atoms with Crippen LogP contribution < -0.4 is 9.64 Å². The van der Waals surface area contributed by atoms with Crippen molar-refractivity contribution in [3.63, 3.8) is 0 Å². The predicted molar refractivity (Wildman–Crippen MR) is 108 cm³/mol. The Morgan fingerprint density at radius 1 is 1.07 bits per heavy atom. The van der Waals surface area contributed by atoms with E-state index in [1.54, 1.807) is 6.07 Å². The highest BCUT2D eigenvalue weighted by Crippen LogP contribution is 2.54. The van der Waals surface area contributed by atoms with Crippen molar-refractivity contribution in [2.45, 2.75) is 43.8 Å². The molecule has 2 aromatic carbocycles. The van der Waals surface area contributed by atoms with Crippen LogP contribution in [-0.2, 0) is 0 Å². The fourth-order valence-corrected chi connectivity index (χ4v) is 5.28. The van der Waals surface area contributed by atoms with Gasteiger partial charge in [0.2, 0.25) is 5.82 Å². The number of aromatic amines is 1. The molecular weight excluding hydrogens is 368 g/mol. The van der Waals surface area contributed by atoms with E-state index in [1.807, 2.05) is 24.3 Å². The second-order valence-electron chi connectivity index (χ2n) is 8.19. The molecule has 3 aliphatic heterocycles. The molecule has 2 unspecified atom stereocenters. The fourth-order valence-electron chi connectivity index (χ4n) is 5.28. The second kappa shape index (κ2) is 6.18. The second-order valence-corrected chi connectivity index (χ2v) is 8.19. The highest BCUT2D eigenvalue weighted by molar-refractivity contribution is 5.85. The first-order chi connectivity index (χ1) is 14.2. The van der Waals surface area contributed by atoms with Gasteiger partial charge in [-0.2, -0.15) is 5.21 Å². The van der Waals surface area contributed by atoms with Crippen LogP contribution in [0.25, 0.3) is 11.4 Å². The molecule has 0 amide bonds. The average molecular weight is 390 g/mol. The van der Waals surface area contributed by atoms with Gasteiger partial charge in [0.15, 0.2) is 11.5 Å². The Kier molecular flexibility index (Phi) is 3.58. The van der Waals surface area contributed by atoms with Crippen LogP contribution in [0.3, 0.4) is 0 Å². The van der Waals surface area contributed by atoms with Gasteiger partial charge in [0, 0.05) is 23.7 Å². The molecule has 2 bridgehead atoms. The molecule has 8 heteroatoms. The number of nitrogens with zero attached hydrogens (tertiary/aromatic N) is 5. The highest BCUT2D eigenvalue weighted by atomic mass is 16.5. The maximum absolute atomic E-state index is 11.0. The van der Waals surface area contributed by atoms with Crippen LogP contribution >= 0.6 is 0 Å². The Hall–Kier alpha value is -3.13. The summed E-state index contributed by atoms with van der Waals surface area (Å²) in [6.07, 6.45) is 4.65. The van der Waals surface area contributed by atoms with Crippen LogP contribution in [0.4, 0.5) is 11.4 Å². The quantitative estimate of drug-likeness (QED) is 0.693. The van der Waals surface area contributed by atoms with Crippen LogP contribution in [0.5, 0.6) is 17.2 Å². The summed E-state index contributed by atoms with van der Waals surface area (Å²) in [5.74, 6) is 2.02. The Bertz CT molecular complexity index is 1060. The summed E-state index contributed by atoms with van der Waals surface area (Å²) in [7, 11) is 2.24. The number of fused-ring (bicyclic) bond motifs is 4. The highest BCUT2D eigenvalue weighted by Gasteiger charge is 2.43. The molecule has 2 fully saturated rings. The summed E-state index contributed by atoms with van der Waals surface area (Å²) in [5.41, 5.74) is 2.40. The summed E-state index contributed by atoms with van der Waals surface area (Å²) >= 11 is 0. The number of ether oxygens (including phenoxy) is 1. The SMILES string of the molecule is CN1C2CCC1CC(N1c3ccccc3Oc3cc(-c4nn[nH]n4)cc(O)c31)C2. The third-order valence-electron chi connectivity index (χ3n) is 6.68. The largest absolute Gasteiger partial charge is 0.506 e. The van der Waals surface area contributed by atoms with E-state index in [-0.39, 0.29) is 5.75 Å². The van der Waals surface area contributed by atoms with E-state index in [0.29, 0.717) is 35.3 Å². The topological polar surface area (TPSA) is 90.4 Å². The van der Waals surface area contributed by atoms with Crippen LogP contribution in [0.2, 0.25) is 0 Å². The summed E-state index contributed by atoms with van der Waals surface area (Å²) in [6, 6.07) is 13.1. The molecule has 2 N–H and O–H groups in total. The number of rotatable bonds is 2. The maximum atomic E-state index is 11.0. The first-order valence-corrected chi connectivity index (χ1v) is 10.1. The maximum Gasteiger partial charge on any atom is 0.204 e. The number of benzene rings is 2. The molecule has 0 spiro atoms. The smallest absolute Gasteiger partial charge is 0.204 e. The first kappa shape index (κ1) is 16.8. The van der Waals surface area contributed by atoms with Gasteiger partial charge < -0.3 is 19.6 Å². The van der Waals surface area contributed by atoms with Crippen molar-refractivity contribution >= 4 is 11.4 Å². The molecule has 29 heavy (non-hydrogen) atoms. The number of anilines is 2. The molecule has 2 saturated heterocycles. The standard InChI is InChI=1S/C21H22N6O2/c1-26-13-6-7-14(26)11-15(10-13)27-16-4-2-3-5-18(16)29-19-9-12(8-17(28)20(19)27)21-22-24-25-23-21/h2-5,8-9,13-15,28H,6-7,10-11H2,1H3,(H,22,23,24,25). The minimum atomic E-state index is 0.170. The van der Waals surface area contributed by atoms with E-state index in [0.717, 1.165) is 30.0 Å². The molecule has 8 nitrogen and oxygen atoms in total. The molecule has 0 saturated carbocycles. The molecule has 1 aromatic heterocycles. The van der Waals surface area contributed by atoms with E-state index in [2.05, 4.69) is 43.5 Å². The fraction of sp³-hybridized carbons (Fsp3) is 0.381. The Morgan fingerprint density at radius 3 is 2.62 bits per heavy atom. The molecule has 3 aromatic rings. The van der Waals surface area contributed by atoms with Gasteiger partial charge in [0.25, 0.3) is 0 Å². The van der Waals surface area contributed by atoms with Crippen molar-refractivity contribution in [2.24, 2.45) is 0 Å². The van der Waals surface area contributed by atoms with Gasteiger partial charge in [-0.1, -0.05) is 12.1 Å². The number of aromatic hydroxyl groups is 1. The normalized spacial score (nSPS) is 25.4. The molecule has 0 radical (unpaired) electrons. The summed E-state index contributed by atoms with van der Waals surface area (Å²) in [5, 5.41) is 25.2. The molecule has 0 aliphatic carbocycles. The molecule has 4 heterocycles. The van der Waals surface area contributed by atoms with Crippen LogP contribution in [0.15, 0.2) is 36.4 Å². The first-order valence-electron chi connectivity index (χ1n) is 10.1. The van der Waals surface area contributed by atoms with Crippen LogP contribution in [0.1, 0.15) is 25.7 Å². The molecule has 3 aliphatic rings. The number of hydrogen-bond donors (Lipinski definition) is 2. The van der Waals surface area contributed by atoms with E-state index in [9.17, 15) is 5.11 Å². The van der Waals surface area contributed by atoms with Gasteiger partial charge in [-0.05, 0) is 62.2 Å². The summed E-state index contributed by atoms with van der Waals surface area (Å²) in [4.78, 5) is 4.82. The Labute approximate surface area is 168 Å². The van der Waals surface area contributed by atoms with Gasteiger partial charge in [-0.15, -0.1) is 10.2 Å². The number of phenolic OH excluding ortho intramolecular Hbond substituents is 1.